The summed E-state index contributed by atoms with van der Waals surface area (Å²) in [5, 5.41) is 0. The Hall–Kier alpha value is -1.38. The molecule has 3 heteroatoms. The summed E-state index contributed by atoms with van der Waals surface area (Å²) >= 11 is 0. The Morgan fingerprint density at radius 1 is 1.03 bits per heavy atom. The van der Waals surface area contributed by atoms with Crippen LogP contribution in [-0.2, 0) is 14.3 Å². The monoisotopic (exact) mass is 468 g/mol. The van der Waals surface area contributed by atoms with Gasteiger partial charge in [-0.15, -0.1) is 0 Å². The van der Waals surface area contributed by atoms with E-state index < -0.39 is 0 Å². The molecule has 0 aromatic carbocycles. The van der Waals surface area contributed by atoms with Crippen LogP contribution in [0.25, 0.3) is 0 Å². The van der Waals surface area contributed by atoms with Crippen molar-refractivity contribution in [3.63, 3.8) is 0 Å². The van der Waals surface area contributed by atoms with E-state index >= 15 is 0 Å². The molecule has 2 fully saturated rings. The smallest absolute Gasteiger partial charge is 0.333 e. The first-order valence-electron chi connectivity index (χ1n) is 13.8. The maximum Gasteiger partial charge on any atom is 0.333 e. The zero-order chi connectivity index (χ0) is 25.1. The number of hydrogen-bond donors (Lipinski definition) is 0. The molecule has 0 aromatic rings. The molecular formula is C31H48O3. The molecule has 0 bridgehead atoms. The highest BCUT2D eigenvalue weighted by atomic mass is 16.5. The van der Waals surface area contributed by atoms with E-state index in [1.165, 1.54) is 45.6 Å². The van der Waals surface area contributed by atoms with E-state index in [1.54, 1.807) is 11.1 Å². The van der Waals surface area contributed by atoms with E-state index in [0.717, 1.165) is 37.2 Å². The Morgan fingerprint density at radius 3 is 2.41 bits per heavy atom. The molecule has 0 heterocycles. The molecule has 4 rings (SSSR count). The Morgan fingerprint density at radius 2 is 1.74 bits per heavy atom. The van der Waals surface area contributed by atoms with E-state index in [0.29, 0.717) is 23.0 Å². The van der Waals surface area contributed by atoms with Gasteiger partial charge in [0.2, 0.25) is 0 Å². The minimum atomic E-state index is -0.212. The molecule has 0 saturated heterocycles. The summed E-state index contributed by atoms with van der Waals surface area (Å²) in [6.45, 7) is 16.5. The van der Waals surface area contributed by atoms with Gasteiger partial charge in [-0.25, -0.2) is 4.79 Å². The predicted molar refractivity (Wildman–Crippen MR) is 138 cm³/mol. The first-order valence-corrected chi connectivity index (χ1v) is 13.8. The van der Waals surface area contributed by atoms with Crippen molar-refractivity contribution in [1.29, 1.82) is 0 Å². The zero-order valence-electron chi connectivity index (χ0n) is 23.1. The number of hydrogen-bond acceptors (Lipinski definition) is 3. The van der Waals surface area contributed by atoms with Crippen LogP contribution >= 0.6 is 0 Å². The SMILES string of the molecule is COC(=O)/C(C)=C/CC[C@@H](C)[C@H]1CC[C@]2(C)C3=C(CC[C@@]12C)[C@@]1(C)CCC(=O)C(C)(C)[C@@H]1CC3. The summed E-state index contributed by atoms with van der Waals surface area (Å²) in [5.74, 6) is 2.14. The van der Waals surface area contributed by atoms with E-state index in [2.05, 4.69) is 47.6 Å². The van der Waals surface area contributed by atoms with Crippen LogP contribution in [0.15, 0.2) is 22.8 Å². The summed E-state index contributed by atoms with van der Waals surface area (Å²) in [5.41, 5.74) is 4.93. The quantitative estimate of drug-likeness (QED) is 0.234. The maximum atomic E-state index is 12.8. The van der Waals surface area contributed by atoms with Gasteiger partial charge in [0.15, 0.2) is 0 Å². The fraction of sp³-hybridized carbons (Fsp3) is 0.806. The predicted octanol–water partition coefficient (Wildman–Crippen LogP) is 7.84. The first-order chi connectivity index (χ1) is 15.8. The zero-order valence-corrected chi connectivity index (χ0v) is 23.1. The van der Waals surface area contributed by atoms with Gasteiger partial charge >= 0.3 is 5.97 Å². The number of fused-ring (bicyclic) bond motifs is 4. The molecule has 6 atom stereocenters. The molecule has 0 aromatic heterocycles. The summed E-state index contributed by atoms with van der Waals surface area (Å²) in [6, 6.07) is 0. The van der Waals surface area contributed by atoms with Crippen LogP contribution in [0.5, 0.6) is 0 Å². The second kappa shape index (κ2) is 8.63. The van der Waals surface area contributed by atoms with Gasteiger partial charge in [0.25, 0.3) is 0 Å². The lowest BCUT2D eigenvalue weighted by atomic mass is 9.43. The van der Waals surface area contributed by atoms with E-state index in [1.807, 2.05) is 6.92 Å². The van der Waals surface area contributed by atoms with Crippen molar-refractivity contribution in [3.05, 3.63) is 22.8 Å². The maximum absolute atomic E-state index is 12.8. The largest absolute Gasteiger partial charge is 0.466 e. The van der Waals surface area contributed by atoms with Crippen molar-refractivity contribution in [2.75, 3.05) is 7.11 Å². The number of ether oxygens (including phenoxy) is 1. The Balaban J connectivity index is 1.58. The molecule has 190 valence electrons. The molecular weight excluding hydrogens is 420 g/mol. The van der Waals surface area contributed by atoms with Crippen LogP contribution < -0.4 is 0 Å². The van der Waals surface area contributed by atoms with Crippen LogP contribution in [0.2, 0.25) is 0 Å². The Kier molecular flexibility index (Phi) is 6.52. The number of carbonyl (C=O) groups excluding carboxylic acids is 2. The number of ketones is 1. The Bertz CT molecular complexity index is 923. The first kappa shape index (κ1) is 25.7. The van der Waals surface area contributed by atoms with Gasteiger partial charge in [-0.3, -0.25) is 4.79 Å². The highest BCUT2D eigenvalue weighted by molar-refractivity contribution is 5.87. The van der Waals surface area contributed by atoms with Crippen molar-refractivity contribution >= 4 is 11.8 Å². The van der Waals surface area contributed by atoms with E-state index in [9.17, 15) is 9.59 Å². The van der Waals surface area contributed by atoms with Gasteiger partial charge in [-0.2, -0.15) is 0 Å². The third-order valence-electron chi connectivity index (χ3n) is 11.8. The van der Waals surface area contributed by atoms with Crippen molar-refractivity contribution in [2.24, 2.45) is 39.4 Å². The van der Waals surface area contributed by atoms with Crippen molar-refractivity contribution in [1.82, 2.24) is 0 Å². The molecule has 34 heavy (non-hydrogen) atoms. The number of carbonyl (C=O) groups is 2. The number of rotatable bonds is 5. The van der Waals surface area contributed by atoms with Crippen LogP contribution in [-0.4, -0.2) is 18.9 Å². The molecule has 2 saturated carbocycles. The number of allylic oxidation sites excluding steroid dienone is 3. The lowest BCUT2D eigenvalue weighted by Crippen LogP contribution is -2.53. The fourth-order valence-corrected chi connectivity index (χ4v) is 9.45. The average Bonchev–Trinajstić information content (AvgIpc) is 3.07. The number of methoxy groups -OCH3 is 1. The normalized spacial score (nSPS) is 40.4. The molecule has 4 aliphatic rings. The molecule has 0 unspecified atom stereocenters. The lowest BCUT2D eigenvalue weighted by molar-refractivity contribution is -0.139. The molecule has 3 nitrogen and oxygen atoms in total. The second-order valence-corrected chi connectivity index (χ2v) is 13.4. The fourth-order valence-electron chi connectivity index (χ4n) is 9.45. The van der Waals surface area contributed by atoms with Crippen molar-refractivity contribution in [2.45, 2.75) is 113 Å². The van der Waals surface area contributed by atoms with E-state index in [4.69, 9.17) is 4.74 Å². The standard InChI is InChI=1S/C31H48O3/c1-20(10-9-11-21(2)27(33)34-8)22-14-18-31(7)24-12-13-25-28(3,4)26(32)16-17-29(25,5)23(24)15-19-30(22,31)6/h11,20,22,25H,9-10,12-19H2,1-8H3/b21-11+/t20-,22-,25+,29-,30+,31-/m1/s1. The lowest BCUT2D eigenvalue weighted by Gasteiger charge is -2.61. The van der Waals surface area contributed by atoms with E-state index in [-0.39, 0.29) is 22.2 Å². The van der Waals surface area contributed by atoms with Gasteiger partial charge < -0.3 is 4.74 Å². The topological polar surface area (TPSA) is 43.4 Å². The van der Waals surface area contributed by atoms with Crippen LogP contribution in [0, 0.1) is 39.4 Å². The summed E-state index contributed by atoms with van der Waals surface area (Å²) in [4.78, 5) is 24.6. The molecule has 0 radical (unpaired) electrons. The molecule has 0 N–H and O–H groups in total. The summed E-state index contributed by atoms with van der Waals surface area (Å²) in [6.07, 6.45) is 13.4. The highest BCUT2D eigenvalue weighted by Crippen LogP contribution is 2.72. The molecule has 4 aliphatic carbocycles. The van der Waals surface area contributed by atoms with Gasteiger partial charge in [0, 0.05) is 17.4 Å². The number of esters is 1. The summed E-state index contributed by atoms with van der Waals surface area (Å²) < 4.78 is 4.85. The van der Waals surface area contributed by atoms with Crippen molar-refractivity contribution in [3.8, 4) is 0 Å². The third kappa shape index (κ3) is 3.58. The van der Waals surface area contributed by atoms with Gasteiger partial charge in [-0.05, 0) is 98.7 Å². The molecule has 0 amide bonds. The minimum Gasteiger partial charge on any atom is -0.466 e. The molecule has 0 spiro atoms. The van der Waals surface area contributed by atoms with Crippen LogP contribution in [0.4, 0.5) is 0 Å². The van der Waals surface area contributed by atoms with Crippen molar-refractivity contribution < 1.29 is 14.3 Å². The van der Waals surface area contributed by atoms with Crippen LogP contribution in [0.3, 0.4) is 0 Å². The molecule has 0 aliphatic heterocycles. The van der Waals surface area contributed by atoms with Gasteiger partial charge in [0.1, 0.15) is 5.78 Å². The average molecular weight is 469 g/mol. The highest BCUT2D eigenvalue weighted by Gasteiger charge is 2.63. The Labute approximate surface area is 208 Å². The minimum absolute atomic E-state index is 0.185. The summed E-state index contributed by atoms with van der Waals surface area (Å²) in [7, 11) is 1.45. The second-order valence-electron chi connectivity index (χ2n) is 13.4. The number of Topliss-reactive ketones (excluding diaryl/α,β-unsaturated/α-hetero) is 1. The van der Waals surface area contributed by atoms with Crippen LogP contribution in [0.1, 0.15) is 113 Å². The van der Waals surface area contributed by atoms with Gasteiger partial charge in [-0.1, -0.05) is 58.8 Å². The third-order valence-corrected chi connectivity index (χ3v) is 11.8. The van der Waals surface area contributed by atoms with Gasteiger partial charge in [0.05, 0.1) is 7.11 Å².